The van der Waals surface area contributed by atoms with E-state index in [9.17, 15) is 0 Å². The molecule has 1 heterocycles. The number of aromatic nitrogens is 1. The van der Waals surface area contributed by atoms with Gasteiger partial charge in [0.2, 0.25) is 0 Å². The van der Waals surface area contributed by atoms with Crippen LogP contribution in [0.1, 0.15) is 27.9 Å². The topological polar surface area (TPSA) is 36.7 Å². The third-order valence-electron chi connectivity index (χ3n) is 5.07. The third-order valence-corrected chi connectivity index (χ3v) is 5.07. The highest BCUT2D eigenvalue weighted by molar-refractivity contribution is 5.60. The summed E-state index contributed by atoms with van der Waals surface area (Å²) in [6.07, 6.45) is 1.52. The Balaban J connectivity index is 2.18. The average Bonchev–Trinajstić information content (AvgIpc) is 2.78. The predicted octanol–water partition coefficient (Wildman–Crippen LogP) is 5.61. The van der Waals surface area contributed by atoms with Crippen LogP contribution >= 0.6 is 0 Å². The third kappa shape index (κ3) is 3.07. The van der Waals surface area contributed by atoms with Crippen molar-refractivity contribution in [3.63, 3.8) is 0 Å². The van der Waals surface area contributed by atoms with Crippen molar-refractivity contribution >= 4 is 0 Å². The number of rotatable bonds is 4. The molecule has 4 heteroatoms. The van der Waals surface area contributed by atoms with E-state index < -0.39 is 17.0 Å². The SMILES string of the molecule is N#Cc1ccc(C(c2ccccc2)(c2ccccc2F)c2ccccc2F)cn1. The first-order valence-corrected chi connectivity index (χ1v) is 9.10. The molecule has 140 valence electrons. The molecule has 0 radical (unpaired) electrons. The quantitative estimate of drug-likeness (QED) is 0.430. The molecule has 0 aliphatic carbocycles. The largest absolute Gasteiger partial charge is 0.245 e. The van der Waals surface area contributed by atoms with Crippen LogP contribution in [-0.2, 0) is 5.41 Å². The Morgan fingerprint density at radius 1 is 0.655 bits per heavy atom. The van der Waals surface area contributed by atoms with E-state index in [1.165, 1.54) is 18.3 Å². The second-order valence-corrected chi connectivity index (χ2v) is 6.62. The van der Waals surface area contributed by atoms with Gasteiger partial charge in [-0.15, -0.1) is 0 Å². The molecule has 0 aliphatic heterocycles. The Hall–Kier alpha value is -3.84. The highest BCUT2D eigenvalue weighted by Gasteiger charge is 2.42. The van der Waals surface area contributed by atoms with Crippen LogP contribution in [0.3, 0.4) is 0 Å². The van der Waals surface area contributed by atoms with Gasteiger partial charge in [0.15, 0.2) is 0 Å². The number of nitriles is 1. The molecule has 0 fully saturated rings. The highest BCUT2D eigenvalue weighted by Crippen LogP contribution is 2.46. The molecule has 0 amide bonds. The van der Waals surface area contributed by atoms with Gasteiger partial charge < -0.3 is 0 Å². The van der Waals surface area contributed by atoms with E-state index >= 15 is 8.78 Å². The van der Waals surface area contributed by atoms with Crippen molar-refractivity contribution in [3.05, 3.63) is 137 Å². The van der Waals surface area contributed by atoms with Crippen LogP contribution in [0.5, 0.6) is 0 Å². The lowest BCUT2D eigenvalue weighted by Crippen LogP contribution is -2.33. The summed E-state index contributed by atoms with van der Waals surface area (Å²) in [4.78, 5) is 4.19. The normalized spacial score (nSPS) is 11.1. The second-order valence-electron chi connectivity index (χ2n) is 6.62. The summed E-state index contributed by atoms with van der Waals surface area (Å²) in [5.41, 5.74) is 0.835. The molecule has 29 heavy (non-hydrogen) atoms. The summed E-state index contributed by atoms with van der Waals surface area (Å²) in [6.45, 7) is 0. The van der Waals surface area contributed by atoms with Gasteiger partial charge in [0.25, 0.3) is 0 Å². The second kappa shape index (κ2) is 7.65. The average molecular weight is 382 g/mol. The summed E-state index contributed by atoms with van der Waals surface area (Å²) in [5.74, 6) is -0.909. The van der Waals surface area contributed by atoms with Crippen molar-refractivity contribution in [1.82, 2.24) is 4.98 Å². The molecule has 0 spiro atoms. The molecular formula is C25H16F2N2. The van der Waals surface area contributed by atoms with E-state index in [-0.39, 0.29) is 5.69 Å². The van der Waals surface area contributed by atoms with Crippen molar-refractivity contribution in [1.29, 1.82) is 5.26 Å². The molecule has 0 saturated carbocycles. The number of benzene rings is 3. The van der Waals surface area contributed by atoms with E-state index in [1.54, 1.807) is 48.5 Å². The molecule has 0 aliphatic rings. The number of nitrogens with zero attached hydrogens (tertiary/aromatic N) is 2. The molecule has 3 aromatic carbocycles. The van der Waals surface area contributed by atoms with Crippen LogP contribution in [0.2, 0.25) is 0 Å². The van der Waals surface area contributed by atoms with Crippen LogP contribution in [0.15, 0.2) is 97.2 Å². The van der Waals surface area contributed by atoms with Gasteiger partial charge in [0, 0.05) is 17.3 Å². The van der Waals surface area contributed by atoms with Gasteiger partial charge in [-0.05, 0) is 29.3 Å². The van der Waals surface area contributed by atoms with Gasteiger partial charge in [0.05, 0.1) is 5.41 Å². The molecular weight excluding hydrogens is 366 g/mol. The van der Waals surface area contributed by atoms with Crippen molar-refractivity contribution in [2.24, 2.45) is 0 Å². The van der Waals surface area contributed by atoms with Gasteiger partial charge >= 0.3 is 0 Å². The Morgan fingerprint density at radius 3 is 1.69 bits per heavy atom. The van der Waals surface area contributed by atoms with Crippen LogP contribution in [0.4, 0.5) is 8.78 Å². The summed E-state index contributed by atoms with van der Waals surface area (Å²) in [6, 6.07) is 27.2. The zero-order chi connectivity index (χ0) is 20.3. The van der Waals surface area contributed by atoms with Crippen molar-refractivity contribution in [2.75, 3.05) is 0 Å². The van der Waals surface area contributed by atoms with E-state index in [0.29, 0.717) is 22.3 Å². The first kappa shape index (κ1) is 18.5. The Labute approximate surface area is 167 Å². The predicted molar refractivity (Wildman–Crippen MR) is 107 cm³/mol. The van der Waals surface area contributed by atoms with Crippen LogP contribution in [0, 0.1) is 23.0 Å². The first-order valence-electron chi connectivity index (χ1n) is 9.10. The van der Waals surface area contributed by atoms with E-state index in [0.717, 1.165) is 0 Å². The molecule has 1 aromatic heterocycles. The first-order chi connectivity index (χ1) is 14.2. The lowest BCUT2D eigenvalue weighted by Gasteiger charge is -2.36. The maximum atomic E-state index is 15.2. The summed E-state index contributed by atoms with van der Waals surface area (Å²) < 4.78 is 30.4. The minimum absolute atomic E-state index is 0.234. The van der Waals surface area contributed by atoms with Gasteiger partial charge in [-0.3, -0.25) is 0 Å². The Morgan fingerprint density at radius 2 is 1.21 bits per heavy atom. The zero-order valence-corrected chi connectivity index (χ0v) is 15.4. The fraction of sp³-hybridized carbons (Fsp3) is 0.0400. The van der Waals surface area contributed by atoms with Crippen LogP contribution < -0.4 is 0 Å². The fourth-order valence-electron chi connectivity index (χ4n) is 3.83. The van der Waals surface area contributed by atoms with Crippen molar-refractivity contribution in [3.8, 4) is 6.07 Å². The molecule has 4 aromatic rings. The maximum absolute atomic E-state index is 15.2. The molecule has 4 rings (SSSR count). The maximum Gasteiger partial charge on any atom is 0.140 e. The molecule has 0 unspecified atom stereocenters. The Bertz CT molecular complexity index is 1130. The van der Waals surface area contributed by atoms with Crippen molar-refractivity contribution < 1.29 is 8.78 Å². The molecule has 0 bridgehead atoms. The van der Waals surface area contributed by atoms with E-state index in [1.807, 2.05) is 36.4 Å². The minimum atomic E-state index is -1.28. The van der Waals surface area contributed by atoms with Gasteiger partial charge in [-0.25, -0.2) is 13.8 Å². The highest BCUT2D eigenvalue weighted by atomic mass is 19.1. The lowest BCUT2D eigenvalue weighted by molar-refractivity contribution is 0.550. The summed E-state index contributed by atoms with van der Waals surface area (Å²) in [7, 11) is 0. The number of hydrogen-bond acceptors (Lipinski definition) is 2. The zero-order valence-electron chi connectivity index (χ0n) is 15.4. The number of pyridine rings is 1. The Kier molecular flexibility index (Phi) is 4.88. The van der Waals surface area contributed by atoms with Gasteiger partial charge in [-0.2, -0.15) is 5.26 Å². The molecule has 0 atom stereocenters. The number of hydrogen-bond donors (Lipinski definition) is 0. The van der Waals surface area contributed by atoms with Crippen LogP contribution in [-0.4, -0.2) is 4.98 Å². The lowest BCUT2D eigenvalue weighted by atomic mass is 9.65. The van der Waals surface area contributed by atoms with E-state index in [2.05, 4.69) is 4.98 Å². The number of halogens is 2. The van der Waals surface area contributed by atoms with E-state index in [4.69, 9.17) is 5.26 Å². The monoisotopic (exact) mass is 382 g/mol. The fourth-order valence-corrected chi connectivity index (χ4v) is 3.83. The molecule has 0 N–H and O–H groups in total. The van der Waals surface area contributed by atoms with Crippen LogP contribution in [0.25, 0.3) is 0 Å². The van der Waals surface area contributed by atoms with Gasteiger partial charge in [0.1, 0.15) is 23.4 Å². The summed E-state index contributed by atoms with van der Waals surface area (Å²) >= 11 is 0. The molecule has 0 saturated heterocycles. The molecule has 2 nitrogen and oxygen atoms in total. The van der Waals surface area contributed by atoms with Crippen molar-refractivity contribution in [2.45, 2.75) is 5.41 Å². The minimum Gasteiger partial charge on any atom is -0.245 e. The smallest absolute Gasteiger partial charge is 0.140 e. The standard InChI is InChI=1S/C25H16F2N2/c26-23-12-6-4-10-21(23)25(18-8-2-1-3-9-18,22-11-5-7-13-24(22)27)19-14-15-20(16-28)29-17-19/h1-15,17H. The summed E-state index contributed by atoms with van der Waals surface area (Å²) in [5, 5.41) is 9.14. The van der Waals surface area contributed by atoms with Gasteiger partial charge in [-0.1, -0.05) is 72.8 Å².